The molecule has 0 fully saturated rings. The van der Waals surface area contributed by atoms with Crippen LogP contribution in [0.3, 0.4) is 0 Å². The van der Waals surface area contributed by atoms with Gasteiger partial charge in [0.15, 0.2) is 0 Å². The van der Waals surface area contributed by atoms with Crippen molar-refractivity contribution in [1.29, 1.82) is 0 Å². The second kappa shape index (κ2) is 6.88. The molecule has 2 aliphatic heterocycles. The Balaban J connectivity index is 1.33. The molecule has 8 heteroatoms. The second-order valence-corrected chi connectivity index (χ2v) is 6.25. The van der Waals surface area contributed by atoms with E-state index >= 15 is 0 Å². The molecule has 0 N–H and O–H groups in total. The molecule has 2 aromatic carbocycles. The van der Waals surface area contributed by atoms with E-state index in [9.17, 15) is 8.78 Å². The predicted molar refractivity (Wildman–Crippen MR) is 89.7 cm³/mol. The molecule has 4 rings (SSSR count). The fourth-order valence-electron chi connectivity index (χ4n) is 3.09. The van der Waals surface area contributed by atoms with Gasteiger partial charge in [0.1, 0.15) is 11.6 Å². The molecular weight excluding hydrogens is 328 g/mol. The summed E-state index contributed by atoms with van der Waals surface area (Å²) in [6.45, 7) is 2.82. The third kappa shape index (κ3) is 3.48. The van der Waals surface area contributed by atoms with Crippen LogP contribution < -0.4 is 10.9 Å². The second-order valence-electron chi connectivity index (χ2n) is 6.25. The molecule has 1 unspecified atom stereocenters. The molecule has 0 amide bonds. The van der Waals surface area contributed by atoms with Crippen molar-refractivity contribution in [2.75, 3.05) is 6.61 Å². The average Bonchev–Trinajstić information content (AvgIpc) is 3.16. The van der Waals surface area contributed by atoms with Crippen molar-refractivity contribution >= 4 is 25.2 Å². The first-order valence-corrected chi connectivity index (χ1v) is 8.17. The first-order valence-electron chi connectivity index (χ1n) is 8.17. The Hall–Kier alpha value is -1.73. The first-order chi connectivity index (χ1) is 12.1. The first kappa shape index (κ1) is 16.7. The van der Waals surface area contributed by atoms with E-state index in [-0.39, 0.29) is 24.3 Å². The van der Waals surface area contributed by atoms with Gasteiger partial charge in [-0.15, -0.1) is 0 Å². The van der Waals surface area contributed by atoms with E-state index in [0.29, 0.717) is 13.2 Å². The van der Waals surface area contributed by atoms with Crippen LogP contribution in [0.2, 0.25) is 0 Å². The van der Waals surface area contributed by atoms with Gasteiger partial charge in [-0.25, -0.2) is 8.78 Å². The Bertz CT molecular complexity index is 789. The van der Waals surface area contributed by atoms with Crippen molar-refractivity contribution in [1.82, 2.24) is 0 Å². The lowest BCUT2D eigenvalue weighted by Gasteiger charge is -2.18. The van der Waals surface area contributed by atoms with E-state index in [4.69, 9.17) is 18.6 Å². The van der Waals surface area contributed by atoms with Gasteiger partial charge in [-0.2, -0.15) is 0 Å². The highest BCUT2D eigenvalue weighted by molar-refractivity contribution is 6.63. The number of halogens is 2. The van der Waals surface area contributed by atoms with Crippen molar-refractivity contribution in [3.63, 3.8) is 0 Å². The minimum atomic E-state index is -0.528. The van der Waals surface area contributed by atoms with E-state index in [1.54, 1.807) is 12.1 Å². The summed E-state index contributed by atoms with van der Waals surface area (Å²) >= 11 is 0. The smallest absolute Gasteiger partial charge is 0.405 e. The largest absolute Gasteiger partial charge is 0.494 e. The molecule has 2 aromatic rings. The van der Waals surface area contributed by atoms with Crippen LogP contribution in [-0.4, -0.2) is 26.9 Å². The Morgan fingerprint density at radius 3 is 2.16 bits per heavy atom. The monoisotopic (exact) mass is 344 g/mol. The molecule has 0 aromatic heterocycles. The van der Waals surface area contributed by atoms with E-state index in [2.05, 4.69) is 0 Å². The van der Waals surface area contributed by atoms with E-state index in [0.717, 1.165) is 22.1 Å². The van der Waals surface area contributed by atoms with Gasteiger partial charge in [0.25, 0.3) is 0 Å². The lowest BCUT2D eigenvalue weighted by Crippen LogP contribution is -2.39. The summed E-state index contributed by atoms with van der Waals surface area (Å²) in [6.07, 6.45) is -0.255. The summed E-state index contributed by atoms with van der Waals surface area (Å²) in [6, 6.07) is 9.07. The topological polar surface area (TPSA) is 36.9 Å². The number of hydrogen-bond donors (Lipinski definition) is 0. The van der Waals surface area contributed by atoms with Crippen LogP contribution in [-0.2, 0) is 31.8 Å². The molecule has 0 saturated carbocycles. The van der Waals surface area contributed by atoms with Crippen LogP contribution >= 0.6 is 0 Å². The molecule has 0 aliphatic carbocycles. The molecule has 25 heavy (non-hydrogen) atoms. The fraction of sp³-hybridized carbons (Fsp3) is 0.294. The highest BCUT2D eigenvalue weighted by Crippen LogP contribution is 2.16. The SMILES string of the molecule is CC(COB1OCc2cc(F)ccc21)OB1OCc2cc(F)ccc21. The number of fused-ring (bicyclic) bond motifs is 2. The van der Waals surface area contributed by atoms with Crippen LogP contribution in [0.5, 0.6) is 0 Å². The van der Waals surface area contributed by atoms with Crippen LogP contribution in [0.1, 0.15) is 18.1 Å². The Kier molecular flexibility index (Phi) is 4.60. The summed E-state index contributed by atoms with van der Waals surface area (Å²) in [4.78, 5) is 0. The Morgan fingerprint density at radius 1 is 0.960 bits per heavy atom. The Labute approximate surface area is 145 Å². The van der Waals surface area contributed by atoms with E-state index in [1.807, 2.05) is 6.92 Å². The quantitative estimate of drug-likeness (QED) is 0.772. The highest BCUT2D eigenvalue weighted by Gasteiger charge is 2.34. The molecule has 0 spiro atoms. The summed E-state index contributed by atoms with van der Waals surface area (Å²) in [5.41, 5.74) is 3.28. The van der Waals surface area contributed by atoms with Gasteiger partial charge in [-0.1, -0.05) is 12.1 Å². The maximum absolute atomic E-state index is 13.2. The van der Waals surface area contributed by atoms with Crippen molar-refractivity contribution < 1.29 is 27.4 Å². The summed E-state index contributed by atoms with van der Waals surface area (Å²) in [7, 11) is -1.05. The summed E-state index contributed by atoms with van der Waals surface area (Å²) in [5, 5.41) is 0. The minimum absolute atomic E-state index is 0.255. The lowest BCUT2D eigenvalue weighted by molar-refractivity contribution is 0.0959. The third-order valence-corrected chi connectivity index (χ3v) is 4.34. The zero-order chi connectivity index (χ0) is 17.4. The molecule has 2 heterocycles. The summed E-state index contributed by atoms with van der Waals surface area (Å²) in [5.74, 6) is -0.568. The van der Waals surface area contributed by atoms with Gasteiger partial charge < -0.3 is 18.6 Å². The molecule has 0 saturated heterocycles. The number of benzene rings is 2. The normalized spacial score (nSPS) is 16.9. The number of hydrogen-bond acceptors (Lipinski definition) is 4. The zero-order valence-electron chi connectivity index (χ0n) is 13.7. The number of rotatable bonds is 5. The maximum Gasteiger partial charge on any atom is 0.494 e. The van der Waals surface area contributed by atoms with Crippen molar-refractivity contribution in [3.05, 3.63) is 59.2 Å². The van der Waals surface area contributed by atoms with Crippen molar-refractivity contribution in [2.24, 2.45) is 0 Å². The molecule has 0 radical (unpaired) electrons. The van der Waals surface area contributed by atoms with Crippen LogP contribution in [0.4, 0.5) is 8.78 Å². The lowest BCUT2D eigenvalue weighted by atomic mass is 9.78. The fourth-order valence-corrected chi connectivity index (χ4v) is 3.09. The highest BCUT2D eigenvalue weighted by atomic mass is 19.1. The van der Waals surface area contributed by atoms with Gasteiger partial charge in [0.2, 0.25) is 0 Å². The van der Waals surface area contributed by atoms with Gasteiger partial charge in [-0.05, 0) is 53.2 Å². The molecule has 0 bridgehead atoms. The van der Waals surface area contributed by atoms with Crippen LogP contribution in [0.15, 0.2) is 36.4 Å². The van der Waals surface area contributed by atoms with Gasteiger partial charge in [-0.3, -0.25) is 0 Å². The predicted octanol–water partition coefficient (Wildman–Crippen LogP) is 1.54. The van der Waals surface area contributed by atoms with Gasteiger partial charge in [0.05, 0.1) is 25.9 Å². The van der Waals surface area contributed by atoms with E-state index in [1.165, 1.54) is 24.3 Å². The standard InChI is InChI=1S/C17H16B2F2O4/c1-11(25-19-17-5-3-15(21)7-13(17)10-24-19)8-22-18-16-4-2-14(20)6-12(16)9-23-18/h2-7,11H,8-10H2,1H3. The van der Waals surface area contributed by atoms with Crippen molar-refractivity contribution in [3.8, 4) is 0 Å². The molecule has 128 valence electrons. The molecular formula is C17H16B2F2O4. The average molecular weight is 344 g/mol. The van der Waals surface area contributed by atoms with E-state index < -0.39 is 14.2 Å². The minimum Gasteiger partial charge on any atom is -0.405 e. The third-order valence-electron chi connectivity index (χ3n) is 4.34. The molecule has 2 aliphatic rings. The summed E-state index contributed by atoms with van der Waals surface area (Å²) < 4.78 is 49.2. The van der Waals surface area contributed by atoms with Crippen LogP contribution in [0.25, 0.3) is 0 Å². The molecule has 4 nitrogen and oxygen atoms in total. The Morgan fingerprint density at radius 2 is 1.52 bits per heavy atom. The maximum atomic E-state index is 13.2. The zero-order valence-corrected chi connectivity index (χ0v) is 13.7. The van der Waals surface area contributed by atoms with Crippen molar-refractivity contribution in [2.45, 2.75) is 26.2 Å². The van der Waals surface area contributed by atoms with Crippen LogP contribution in [0, 0.1) is 11.6 Å². The van der Waals surface area contributed by atoms with Gasteiger partial charge in [0, 0.05) is 0 Å². The molecule has 1 atom stereocenters. The van der Waals surface area contributed by atoms with Gasteiger partial charge >= 0.3 is 14.2 Å².